The molecule has 1 aliphatic heterocycles. The van der Waals surface area contributed by atoms with Crippen LogP contribution in [0, 0.1) is 12.7 Å². The lowest BCUT2D eigenvalue weighted by molar-refractivity contribution is -0.137. The first kappa shape index (κ1) is 18.4. The zero-order chi connectivity index (χ0) is 20.0. The molecular formula is C20H18FN3O3S. The van der Waals surface area contributed by atoms with Gasteiger partial charge in [0.1, 0.15) is 18.1 Å². The van der Waals surface area contributed by atoms with E-state index in [-0.39, 0.29) is 6.54 Å². The zero-order valence-corrected chi connectivity index (χ0v) is 16.2. The van der Waals surface area contributed by atoms with E-state index < -0.39 is 22.8 Å². The third kappa shape index (κ3) is 2.80. The van der Waals surface area contributed by atoms with E-state index in [0.717, 1.165) is 0 Å². The monoisotopic (exact) mass is 399 g/mol. The lowest BCUT2D eigenvalue weighted by Gasteiger charge is -2.25. The normalized spacial score (nSPS) is 16.2. The molecule has 0 radical (unpaired) electrons. The van der Waals surface area contributed by atoms with Crippen LogP contribution in [-0.2, 0) is 22.3 Å². The third-order valence-electron chi connectivity index (χ3n) is 4.82. The summed E-state index contributed by atoms with van der Waals surface area (Å²) in [6.45, 7) is 3.84. The summed E-state index contributed by atoms with van der Waals surface area (Å²) in [6.07, 6.45) is 0. The van der Waals surface area contributed by atoms with E-state index in [4.69, 9.17) is 0 Å². The fraction of sp³-hybridized carbons (Fsp3) is 0.200. The Morgan fingerprint density at radius 1 is 1.25 bits per heavy atom. The van der Waals surface area contributed by atoms with Gasteiger partial charge in [-0.2, -0.15) is 5.10 Å². The van der Waals surface area contributed by atoms with E-state index >= 15 is 0 Å². The smallest absolute Gasteiger partial charge is 0.323 e. The second-order valence-corrected chi connectivity index (χ2v) is 7.82. The van der Waals surface area contributed by atoms with Gasteiger partial charge in [-0.1, -0.05) is 18.2 Å². The number of halogens is 1. The topological polar surface area (TPSA) is 74.9 Å². The first-order valence-corrected chi connectivity index (χ1v) is 9.91. The summed E-state index contributed by atoms with van der Waals surface area (Å²) in [7, 11) is -1.42. The van der Waals surface area contributed by atoms with Crippen molar-refractivity contribution in [1.82, 2.24) is 8.98 Å². The molecule has 2 heterocycles. The molecule has 0 bridgehead atoms. The number of aliphatic carboxylic acids is 1. The molecule has 0 saturated carbocycles. The predicted octanol–water partition coefficient (Wildman–Crippen LogP) is 3.28. The highest BCUT2D eigenvalue weighted by Crippen LogP contribution is 2.33. The molecule has 2 aromatic carbocycles. The Hall–Kier alpha value is -3.00. The van der Waals surface area contributed by atoms with E-state index in [1.165, 1.54) is 16.5 Å². The zero-order valence-electron chi connectivity index (χ0n) is 15.3. The van der Waals surface area contributed by atoms with Crippen LogP contribution in [0.5, 0.6) is 0 Å². The summed E-state index contributed by atoms with van der Waals surface area (Å²) in [5.41, 5.74) is 3.20. The molecule has 8 heteroatoms. The van der Waals surface area contributed by atoms with Crippen LogP contribution in [0.25, 0.3) is 10.9 Å². The lowest BCUT2D eigenvalue weighted by Crippen LogP contribution is -2.29. The number of rotatable bonds is 4. The predicted molar refractivity (Wildman–Crippen MR) is 105 cm³/mol. The summed E-state index contributed by atoms with van der Waals surface area (Å²) < 4.78 is 29.9. The minimum Gasteiger partial charge on any atom is -0.480 e. The van der Waals surface area contributed by atoms with Gasteiger partial charge in [-0.05, 0) is 38.1 Å². The minimum atomic E-state index is -1.42. The van der Waals surface area contributed by atoms with Crippen molar-refractivity contribution >= 4 is 33.6 Å². The van der Waals surface area contributed by atoms with Gasteiger partial charge in [0.2, 0.25) is 0 Å². The van der Waals surface area contributed by atoms with Crippen molar-refractivity contribution < 1.29 is 18.5 Å². The van der Waals surface area contributed by atoms with Crippen LogP contribution in [0.3, 0.4) is 0 Å². The van der Waals surface area contributed by atoms with Gasteiger partial charge >= 0.3 is 5.97 Å². The summed E-state index contributed by atoms with van der Waals surface area (Å²) >= 11 is 0. The molecule has 0 aliphatic carbocycles. The van der Waals surface area contributed by atoms with Crippen LogP contribution < -0.4 is 0 Å². The summed E-state index contributed by atoms with van der Waals surface area (Å²) in [5, 5.41) is 14.5. The molecular weight excluding hydrogens is 381 g/mol. The largest absolute Gasteiger partial charge is 0.480 e. The Labute approximate surface area is 163 Å². The Kier molecular flexibility index (Phi) is 4.50. The number of nitrogens with zero attached hydrogens (tertiary/aromatic N) is 3. The summed E-state index contributed by atoms with van der Waals surface area (Å²) in [5.74, 6) is -1.40. The lowest BCUT2D eigenvalue weighted by atomic mass is 9.99. The van der Waals surface area contributed by atoms with Crippen molar-refractivity contribution in [2.24, 2.45) is 5.10 Å². The molecule has 0 saturated heterocycles. The van der Waals surface area contributed by atoms with Crippen LogP contribution in [0.2, 0.25) is 0 Å². The van der Waals surface area contributed by atoms with Gasteiger partial charge in [0, 0.05) is 34.3 Å². The van der Waals surface area contributed by atoms with Crippen molar-refractivity contribution in [3.05, 3.63) is 65.1 Å². The van der Waals surface area contributed by atoms with Gasteiger partial charge in [0.15, 0.2) is 11.0 Å². The molecule has 6 nitrogen and oxygen atoms in total. The number of carboxylic acid groups (broad SMARTS) is 1. The molecule has 144 valence electrons. The number of carbonyl (C=O) groups is 1. The first-order chi connectivity index (χ1) is 13.4. The highest BCUT2D eigenvalue weighted by molar-refractivity contribution is 7.82. The van der Waals surface area contributed by atoms with Gasteiger partial charge in [-0.25, -0.2) is 13.0 Å². The van der Waals surface area contributed by atoms with E-state index in [2.05, 4.69) is 5.10 Å². The highest BCUT2D eigenvalue weighted by Gasteiger charge is 2.29. The number of fused-ring (bicyclic) bond motifs is 2. The van der Waals surface area contributed by atoms with E-state index in [9.17, 15) is 18.5 Å². The maximum absolute atomic E-state index is 14.1. The van der Waals surface area contributed by atoms with Gasteiger partial charge in [-0.15, -0.1) is 0 Å². The average molecular weight is 399 g/mol. The highest BCUT2D eigenvalue weighted by atomic mass is 32.2. The van der Waals surface area contributed by atoms with Crippen LogP contribution in [-0.4, -0.2) is 36.5 Å². The van der Waals surface area contributed by atoms with Crippen LogP contribution >= 0.6 is 0 Å². The van der Waals surface area contributed by atoms with Gasteiger partial charge < -0.3 is 9.67 Å². The maximum Gasteiger partial charge on any atom is 0.323 e. The molecule has 3 aromatic rings. The van der Waals surface area contributed by atoms with Crippen molar-refractivity contribution in [2.45, 2.75) is 25.3 Å². The molecule has 1 N–H and O–H groups in total. The van der Waals surface area contributed by atoms with Crippen LogP contribution in [0.15, 0.2) is 52.5 Å². The van der Waals surface area contributed by atoms with Crippen molar-refractivity contribution in [2.75, 3.05) is 6.54 Å². The minimum absolute atomic E-state index is 0.244. The summed E-state index contributed by atoms with van der Waals surface area (Å²) in [4.78, 5) is 12.0. The van der Waals surface area contributed by atoms with Crippen molar-refractivity contribution in [3.8, 4) is 0 Å². The van der Waals surface area contributed by atoms with E-state index in [1.54, 1.807) is 23.6 Å². The quantitative estimate of drug-likeness (QED) is 0.732. The molecule has 1 unspecified atom stereocenters. The second-order valence-electron chi connectivity index (χ2n) is 6.46. The number of carboxylic acids is 1. The Bertz CT molecular complexity index is 1170. The SMILES string of the molecule is CCN1N=C(c2c(C)n(CC(=O)O)c3ccc(F)cc23)c2ccccc2S1=O. The molecule has 1 atom stereocenters. The van der Waals surface area contributed by atoms with Gasteiger partial charge in [0.05, 0.1) is 4.90 Å². The Morgan fingerprint density at radius 3 is 2.71 bits per heavy atom. The van der Waals surface area contributed by atoms with Crippen LogP contribution in [0.4, 0.5) is 4.39 Å². The first-order valence-electron chi connectivity index (χ1n) is 8.80. The molecule has 0 fully saturated rings. The van der Waals surface area contributed by atoms with Crippen molar-refractivity contribution in [3.63, 3.8) is 0 Å². The molecule has 1 aromatic heterocycles. The summed E-state index contributed by atoms with van der Waals surface area (Å²) in [6, 6.07) is 11.5. The number of hydrogen-bond acceptors (Lipinski definition) is 3. The molecule has 28 heavy (non-hydrogen) atoms. The maximum atomic E-state index is 14.1. The van der Waals surface area contributed by atoms with Crippen LogP contribution in [0.1, 0.15) is 23.7 Å². The van der Waals surface area contributed by atoms with Gasteiger partial charge in [0.25, 0.3) is 0 Å². The molecule has 4 rings (SSSR count). The van der Waals surface area contributed by atoms with E-state index in [0.29, 0.717) is 44.9 Å². The Balaban J connectivity index is 2.06. The fourth-order valence-corrected chi connectivity index (χ4v) is 4.76. The Morgan fingerprint density at radius 2 is 2.00 bits per heavy atom. The molecule has 0 amide bonds. The van der Waals surface area contributed by atoms with Crippen molar-refractivity contribution in [1.29, 1.82) is 0 Å². The molecule has 0 spiro atoms. The fourth-order valence-electron chi connectivity index (χ4n) is 3.60. The number of benzene rings is 2. The second kappa shape index (κ2) is 6.87. The number of hydrazone groups is 1. The number of aromatic nitrogens is 1. The third-order valence-corrected chi connectivity index (χ3v) is 6.27. The van der Waals surface area contributed by atoms with Gasteiger partial charge in [-0.3, -0.25) is 4.79 Å². The van der Waals surface area contributed by atoms with E-state index in [1.807, 2.05) is 25.1 Å². The average Bonchev–Trinajstić information content (AvgIpc) is 2.93. The standard InChI is InChI=1S/C20H18FN3O3S/c1-3-24-22-20(14-6-4-5-7-17(14)28(24)27)19-12(2)23(11-18(25)26)16-9-8-13(21)10-15(16)19/h4-10H,3,11H2,1-2H3,(H,25,26). The number of hydrogen-bond donors (Lipinski definition) is 1. The molecule has 1 aliphatic rings.